The number of nitrogens with zero attached hydrogens (tertiary/aromatic N) is 4. The molecule has 1 fully saturated rings. The van der Waals surface area contributed by atoms with Crippen LogP contribution in [0.2, 0.25) is 0 Å². The minimum atomic E-state index is -0.0279. The molecule has 2 amide bonds. The van der Waals surface area contributed by atoms with Crippen LogP contribution in [0, 0.1) is 0 Å². The van der Waals surface area contributed by atoms with Crippen LogP contribution in [0.4, 0.5) is 0 Å². The first-order chi connectivity index (χ1) is 14.1. The van der Waals surface area contributed by atoms with Crippen LogP contribution in [-0.4, -0.2) is 55.5 Å². The Labute approximate surface area is 168 Å². The number of amides is 2. The topological polar surface area (TPSA) is 74.2 Å². The second kappa shape index (κ2) is 5.72. The predicted octanol–water partition coefficient (Wildman–Crippen LogP) is 2.57. The summed E-state index contributed by atoms with van der Waals surface area (Å²) in [5.41, 5.74) is 4.15. The number of rotatable bonds is 1. The molecular weight excluding hydrogens is 366 g/mol. The zero-order valence-corrected chi connectivity index (χ0v) is 16.4. The first-order valence-electron chi connectivity index (χ1n) is 10.3. The van der Waals surface area contributed by atoms with Gasteiger partial charge in [-0.15, -0.1) is 0 Å². The highest BCUT2D eigenvalue weighted by atomic mass is 16.2. The van der Waals surface area contributed by atoms with E-state index in [1.165, 1.54) is 0 Å². The van der Waals surface area contributed by atoms with Crippen LogP contribution < -0.4 is 0 Å². The quantitative estimate of drug-likeness (QED) is 0.695. The normalized spacial score (nSPS) is 20.0. The van der Waals surface area contributed by atoms with Gasteiger partial charge in [-0.05, 0) is 31.4 Å². The van der Waals surface area contributed by atoms with Gasteiger partial charge < -0.3 is 14.8 Å². The van der Waals surface area contributed by atoms with Gasteiger partial charge in [-0.3, -0.25) is 14.3 Å². The number of aromatic amines is 1. The first-order valence-corrected chi connectivity index (χ1v) is 10.3. The summed E-state index contributed by atoms with van der Waals surface area (Å²) < 4.78 is 1.90. The Hall–Kier alpha value is -3.09. The van der Waals surface area contributed by atoms with E-state index in [-0.39, 0.29) is 17.4 Å². The lowest BCUT2D eigenvalue weighted by Gasteiger charge is -2.28. The van der Waals surface area contributed by atoms with Crippen molar-refractivity contribution < 1.29 is 9.59 Å². The third-order valence-corrected chi connectivity index (χ3v) is 6.98. The summed E-state index contributed by atoms with van der Waals surface area (Å²) >= 11 is 0. The summed E-state index contributed by atoms with van der Waals surface area (Å²) in [6.07, 6.45) is 3.80. The Morgan fingerprint density at radius 1 is 1.17 bits per heavy atom. The molecule has 2 aromatic heterocycles. The fourth-order valence-corrected chi connectivity index (χ4v) is 4.95. The number of hydrogen-bond donors (Lipinski definition) is 1. The standard InChI is InChI=1S/C22H23N5O2/c1-25-21(29)19-15-13-26(20(28)18-12-14-4-2-3-5-16(14)23-18)10-6-17(15)24-27(19)11-9-22(25)7-8-22/h2-5,12,23H,6-11,13H2,1H3. The maximum Gasteiger partial charge on any atom is 0.272 e. The number of aromatic nitrogens is 3. The number of para-hydroxylation sites is 1. The summed E-state index contributed by atoms with van der Waals surface area (Å²) in [5, 5.41) is 5.78. The van der Waals surface area contributed by atoms with Crippen molar-refractivity contribution in [1.82, 2.24) is 24.6 Å². The van der Waals surface area contributed by atoms with Crippen LogP contribution >= 0.6 is 0 Å². The van der Waals surface area contributed by atoms with Crippen molar-refractivity contribution in [3.8, 4) is 0 Å². The van der Waals surface area contributed by atoms with Crippen LogP contribution in [0.1, 0.15) is 51.5 Å². The molecule has 7 heteroatoms. The van der Waals surface area contributed by atoms with E-state index >= 15 is 0 Å². The van der Waals surface area contributed by atoms with E-state index in [2.05, 4.69) is 4.98 Å². The highest BCUT2D eigenvalue weighted by molar-refractivity contribution is 5.99. The number of carbonyl (C=O) groups is 2. The van der Waals surface area contributed by atoms with Crippen molar-refractivity contribution in [1.29, 1.82) is 0 Å². The van der Waals surface area contributed by atoms with Crippen LogP contribution in [0.15, 0.2) is 30.3 Å². The number of nitrogens with one attached hydrogen (secondary N) is 1. The van der Waals surface area contributed by atoms with E-state index in [1.807, 2.05) is 51.9 Å². The van der Waals surface area contributed by atoms with Gasteiger partial charge >= 0.3 is 0 Å². The van der Waals surface area contributed by atoms with E-state index in [9.17, 15) is 9.59 Å². The molecule has 4 heterocycles. The summed E-state index contributed by atoms with van der Waals surface area (Å²) in [7, 11) is 1.92. The Morgan fingerprint density at radius 3 is 2.79 bits per heavy atom. The fourth-order valence-electron chi connectivity index (χ4n) is 4.95. The Morgan fingerprint density at radius 2 is 2.00 bits per heavy atom. The molecule has 29 heavy (non-hydrogen) atoms. The second-order valence-electron chi connectivity index (χ2n) is 8.58. The van der Waals surface area contributed by atoms with Crippen molar-refractivity contribution in [2.45, 2.75) is 44.3 Å². The SMILES string of the molecule is CN1C(=O)c2c3c(nn2CCC12CC2)CCN(C(=O)c1cc2ccccc2[nH]1)C3. The van der Waals surface area contributed by atoms with Gasteiger partial charge in [0.05, 0.1) is 12.2 Å². The van der Waals surface area contributed by atoms with E-state index in [0.717, 1.165) is 48.0 Å². The molecule has 0 radical (unpaired) electrons. The largest absolute Gasteiger partial charge is 0.351 e. The second-order valence-corrected chi connectivity index (χ2v) is 8.58. The summed E-state index contributed by atoms with van der Waals surface area (Å²) in [5.74, 6) is 0.0218. The van der Waals surface area contributed by atoms with Gasteiger partial charge in [-0.1, -0.05) is 18.2 Å². The number of aryl methyl sites for hydroxylation is 1. The molecule has 1 saturated carbocycles. The summed E-state index contributed by atoms with van der Waals surface area (Å²) in [6, 6.07) is 9.80. The summed E-state index contributed by atoms with van der Waals surface area (Å²) in [6.45, 7) is 1.82. The molecule has 7 nitrogen and oxygen atoms in total. The number of benzene rings is 1. The number of H-pyrrole nitrogens is 1. The minimum absolute atomic E-state index is 0.0270. The van der Waals surface area contributed by atoms with E-state index in [1.54, 1.807) is 0 Å². The average molecular weight is 389 g/mol. The van der Waals surface area contributed by atoms with E-state index in [0.29, 0.717) is 30.9 Å². The Bertz CT molecular complexity index is 1140. The Kier molecular flexibility index (Phi) is 3.32. The molecule has 0 atom stereocenters. The molecule has 0 bridgehead atoms. The molecule has 2 aliphatic heterocycles. The van der Waals surface area contributed by atoms with Gasteiger partial charge in [0.2, 0.25) is 0 Å². The van der Waals surface area contributed by atoms with Crippen molar-refractivity contribution in [3.05, 3.63) is 53.0 Å². The lowest BCUT2D eigenvalue weighted by Crippen LogP contribution is -2.40. The molecule has 3 aliphatic rings. The third kappa shape index (κ3) is 2.39. The lowest BCUT2D eigenvalue weighted by molar-refractivity contribution is 0.0689. The third-order valence-electron chi connectivity index (χ3n) is 6.98. The smallest absolute Gasteiger partial charge is 0.272 e. The lowest BCUT2D eigenvalue weighted by atomic mass is 10.0. The van der Waals surface area contributed by atoms with Crippen molar-refractivity contribution >= 4 is 22.7 Å². The fraction of sp³-hybridized carbons (Fsp3) is 0.409. The van der Waals surface area contributed by atoms with Crippen LogP contribution in [0.5, 0.6) is 0 Å². The highest BCUT2D eigenvalue weighted by Crippen LogP contribution is 2.46. The zero-order valence-electron chi connectivity index (χ0n) is 16.4. The van der Waals surface area contributed by atoms with Gasteiger partial charge in [-0.25, -0.2) is 0 Å². The van der Waals surface area contributed by atoms with Gasteiger partial charge in [-0.2, -0.15) is 5.10 Å². The van der Waals surface area contributed by atoms with Gasteiger partial charge in [0.1, 0.15) is 11.4 Å². The molecule has 1 aliphatic carbocycles. The molecule has 0 saturated heterocycles. The highest BCUT2D eigenvalue weighted by Gasteiger charge is 2.51. The number of hydrogen-bond acceptors (Lipinski definition) is 3. The van der Waals surface area contributed by atoms with Gasteiger partial charge in [0.15, 0.2) is 0 Å². The predicted molar refractivity (Wildman–Crippen MR) is 108 cm³/mol. The molecule has 6 rings (SSSR count). The summed E-state index contributed by atoms with van der Waals surface area (Å²) in [4.78, 5) is 33.4. The van der Waals surface area contributed by atoms with Crippen LogP contribution in [0.3, 0.4) is 0 Å². The Balaban J connectivity index is 1.33. The van der Waals surface area contributed by atoms with Crippen molar-refractivity contribution in [2.75, 3.05) is 13.6 Å². The van der Waals surface area contributed by atoms with Crippen molar-refractivity contribution in [3.63, 3.8) is 0 Å². The van der Waals surface area contributed by atoms with Crippen LogP contribution in [0.25, 0.3) is 10.9 Å². The average Bonchev–Trinajstić information content (AvgIpc) is 3.28. The van der Waals surface area contributed by atoms with Crippen molar-refractivity contribution in [2.24, 2.45) is 0 Å². The molecule has 1 spiro atoms. The maximum atomic E-state index is 13.2. The molecular formula is C22H23N5O2. The molecule has 148 valence electrons. The van der Waals surface area contributed by atoms with E-state index < -0.39 is 0 Å². The van der Waals surface area contributed by atoms with Gasteiger partial charge in [0, 0.05) is 48.6 Å². The molecule has 1 N–H and O–H groups in total. The monoisotopic (exact) mass is 389 g/mol. The number of carbonyl (C=O) groups excluding carboxylic acids is 2. The first kappa shape index (κ1) is 16.8. The van der Waals surface area contributed by atoms with Gasteiger partial charge in [0.25, 0.3) is 11.8 Å². The van der Waals surface area contributed by atoms with Crippen LogP contribution in [-0.2, 0) is 19.5 Å². The minimum Gasteiger partial charge on any atom is -0.351 e. The zero-order chi connectivity index (χ0) is 19.8. The van der Waals surface area contributed by atoms with E-state index in [4.69, 9.17) is 5.10 Å². The molecule has 0 unspecified atom stereocenters. The number of fused-ring (bicyclic) bond motifs is 4. The maximum absolute atomic E-state index is 13.2. The molecule has 3 aromatic rings. The molecule has 1 aromatic carbocycles.